The molecular weight excluding hydrogens is 240 g/mol. The second kappa shape index (κ2) is 5.94. The van der Waals surface area contributed by atoms with Gasteiger partial charge in [0.05, 0.1) is 25.7 Å². The van der Waals surface area contributed by atoms with E-state index in [-0.39, 0.29) is 5.41 Å². The molecule has 0 unspecified atom stereocenters. The second-order valence-corrected chi connectivity index (χ2v) is 5.01. The van der Waals surface area contributed by atoms with E-state index in [2.05, 4.69) is 11.4 Å². The normalized spacial score (nSPS) is 15.6. The van der Waals surface area contributed by atoms with Crippen molar-refractivity contribution < 1.29 is 9.47 Å². The first-order valence-corrected chi connectivity index (χ1v) is 6.56. The molecule has 1 fully saturated rings. The summed E-state index contributed by atoms with van der Waals surface area (Å²) in [5, 5.41) is 12.3. The van der Waals surface area contributed by atoms with Gasteiger partial charge in [0.1, 0.15) is 0 Å². The highest BCUT2D eigenvalue weighted by Gasteiger charge is 2.42. The number of hydrogen-bond donors (Lipinski definition) is 1. The molecule has 1 aliphatic rings. The number of hydrogen-bond acceptors (Lipinski definition) is 4. The maximum absolute atomic E-state index is 8.98. The summed E-state index contributed by atoms with van der Waals surface area (Å²) in [7, 11) is 3.28. The maximum atomic E-state index is 8.98. The molecule has 1 aliphatic carbocycles. The second-order valence-electron chi connectivity index (χ2n) is 5.01. The smallest absolute Gasteiger partial charge is 0.160 e. The van der Waals surface area contributed by atoms with Crippen molar-refractivity contribution in [3.05, 3.63) is 23.8 Å². The van der Waals surface area contributed by atoms with Crippen LogP contribution in [0.2, 0.25) is 0 Å². The van der Waals surface area contributed by atoms with Crippen LogP contribution in [-0.2, 0) is 6.42 Å². The molecule has 2 rings (SSSR count). The number of rotatable bonds is 7. The zero-order valence-electron chi connectivity index (χ0n) is 11.5. The van der Waals surface area contributed by atoms with Crippen LogP contribution in [0.5, 0.6) is 11.5 Å². The van der Waals surface area contributed by atoms with Gasteiger partial charge in [0.15, 0.2) is 11.5 Å². The minimum absolute atomic E-state index is 0.0718. The Bertz CT molecular complexity index is 476. The van der Waals surface area contributed by atoms with Crippen molar-refractivity contribution in [1.82, 2.24) is 5.32 Å². The maximum Gasteiger partial charge on any atom is 0.160 e. The fourth-order valence-electron chi connectivity index (χ4n) is 2.08. The van der Waals surface area contributed by atoms with Crippen molar-refractivity contribution in [2.24, 2.45) is 5.41 Å². The van der Waals surface area contributed by atoms with Crippen molar-refractivity contribution in [3.63, 3.8) is 0 Å². The monoisotopic (exact) mass is 260 g/mol. The molecule has 4 nitrogen and oxygen atoms in total. The summed E-state index contributed by atoms with van der Waals surface area (Å²) in [5.74, 6) is 1.51. The highest BCUT2D eigenvalue weighted by Crippen LogP contribution is 2.43. The standard InChI is InChI=1S/C15H20N2O2/c1-18-13-4-3-12(9-14(13)19-2)5-8-17-11-15(10-16)6-7-15/h3-4,9,17H,5-8,11H2,1-2H3. The number of ether oxygens (including phenoxy) is 2. The van der Waals surface area contributed by atoms with Crippen LogP contribution in [0.1, 0.15) is 18.4 Å². The molecule has 0 radical (unpaired) electrons. The Morgan fingerprint density at radius 3 is 2.58 bits per heavy atom. The third kappa shape index (κ3) is 3.39. The fourth-order valence-corrected chi connectivity index (χ4v) is 2.08. The number of nitrogens with zero attached hydrogens (tertiary/aromatic N) is 1. The van der Waals surface area contributed by atoms with E-state index >= 15 is 0 Å². The topological polar surface area (TPSA) is 54.3 Å². The molecule has 1 aromatic rings. The first-order chi connectivity index (χ1) is 9.23. The van der Waals surface area contributed by atoms with Gasteiger partial charge in [-0.25, -0.2) is 0 Å². The van der Waals surface area contributed by atoms with E-state index in [1.165, 1.54) is 5.56 Å². The van der Waals surface area contributed by atoms with E-state index in [1.54, 1.807) is 14.2 Å². The number of nitrogens with one attached hydrogen (secondary N) is 1. The zero-order valence-corrected chi connectivity index (χ0v) is 11.5. The lowest BCUT2D eigenvalue weighted by Crippen LogP contribution is -2.25. The van der Waals surface area contributed by atoms with Crippen LogP contribution >= 0.6 is 0 Å². The summed E-state index contributed by atoms with van der Waals surface area (Å²) in [5.41, 5.74) is 1.13. The fraction of sp³-hybridized carbons (Fsp3) is 0.533. The lowest BCUT2D eigenvalue weighted by molar-refractivity contribution is 0.354. The van der Waals surface area contributed by atoms with Gasteiger partial charge < -0.3 is 14.8 Å². The summed E-state index contributed by atoms with van der Waals surface area (Å²) >= 11 is 0. The SMILES string of the molecule is COc1ccc(CCNCC2(C#N)CC2)cc1OC. The van der Waals surface area contributed by atoms with E-state index in [4.69, 9.17) is 14.7 Å². The molecule has 1 aromatic carbocycles. The van der Waals surface area contributed by atoms with Gasteiger partial charge in [-0.15, -0.1) is 0 Å². The van der Waals surface area contributed by atoms with Gasteiger partial charge in [0.2, 0.25) is 0 Å². The Balaban J connectivity index is 1.81. The van der Waals surface area contributed by atoms with Crippen molar-refractivity contribution in [3.8, 4) is 17.6 Å². The molecule has 4 heteroatoms. The Morgan fingerprint density at radius 1 is 1.26 bits per heavy atom. The van der Waals surface area contributed by atoms with Crippen molar-refractivity contribution in [2.45, 2.75) is 19.3 Å². The van der Waals surface area contributed by atoms with Gasteiger partial charge in [-0.2, -0.15) is 5.26 Å². The quantitative estimate of drug-likeness (QED) is 0.763. The van der Waals surface area contributed by atoms with Crippen molar-refractivity contribution >= 4 is 0 Å². The molecule has 0 bridgehead atoms. The summed E-state index contributed by atoms with van der Waals surface area (Å²) in [6.07, 6.45) is 2.99. The lowest BCUT2D eigenvalue weighted by atomic mass is 10.1. The van der Waals surface area contributed by atoms with Gasteiger partial charge in [-0.1, -0.05) is 6.07 Å². The minimum Gasteiger partial charge on any atom is -0.493 e. The van der Waals surface area contributed by atoms with Crippen LogP contribution in [0.25, 0.3) is 0 Å². The highest BCUT2D eigenvalue weighted by molar-refractivity contribution is 5.42. The molecule has 1 saturated carbocycles. The average Bonchev–Trinajstić information content (AvgIpc) is 3.24. The molecule has 19 heavy (non-hydrogen) atoms. The molecule has 0 saturated heterocycles. The number of nitriles is 1. The Hall–Kier alpha value is -1.73. The van der Waals surface area contributed by atoms with Crippen LogP contribution in [0.3, 0.4) is 0 Å². The first-order valence-electron chi connectivity index (χ1n) is 6.56. The molecule has 0 aromatic heterocycles. The van der Waals surface area contributed by atoms with E-state index in [1.807, 2.05) is 18.2 Å². The number of methoxy groups -OCH3 is 2. The van der Waals surface area contributed by atoms with Crippen LogP contribution < -0.4 is 14.8 Å². The highest BCUT2D eigenvalue weighted by atomic mass is 16.5. The predicted octanol–water partition coefficient (Wildman–Crippen LogP) is 2.14. The molecule has 102 valence electrons. The molecular formula is C15H20N2O2. The summed E-state index contributed by atoms with van der Waals surface area (Å²) in [6.45, 7) is 1.68. The van der Waals surface area contributed by atoms with Crippen molar-refractivity contribution in [2.75, 3.05) is 27.3 Å². The first kappa shape index (κ1) is 13.7. The van der Waals surface area contributed by atoms with E-state index in [0.717, 1.165) is 43.9 Å². The van der Waals surface area contributed by atoms with Gasteiger partial charge in [-0.05, 0) is 43.5 Å². The molecule has 0 amide bonds. The van der Waals surface area contributed by atoms with Gasteiger partial charge >= 0.3 is 0 Å². The Morgan fingerprint density at radius 2 is 2.00 bits per heavy atom. The number of benzene rings is 1. The van der Waals surface area contributed by atoms with Gasteiger partial charge in [0, 0.05) is 6.54 Å². The zero-order chi connectivity index (χ0) is 13.7. The lowest BCUT2D eigenvalue weighted by Gasteiger charge is -2.11. The third-order valence-electron chi connectivity index (χ3n) is 3.59. The molecule has 0 aliphatic heterocycles. The summed E-state index contributed by atoms with van der Waals surface area (Å²) in [6, 6.07) is 8.35. The Labute approximate surface area is 114 Å². The third-order valence-corrected chi connectivity index (χ3v) is 3.59. The predicted molar refractivity (Wildman–Crippen MR) is 73.4 cm³/mol. The largest absolute Gasteiger partial charge is 0.493 e. The molecule has 0 heterocycles. The van der Waals surface area contributed by atoms with Crippen molar-refractivity contribution in [1.29, 1.82) is 5.26 Å². The van der Waals surface area contributed by atoms with Gasteiger partial charge in [-0.3, -0.25) is 0 Å². The van der Waals surface area contributed by atoms with Crippen LogP contribution in [0, 0.1) is 16.7 Å². The average molecular weight is 260 g/mol. The summed E-state index contributed by atoms with van der Waals surface area (Å²) < 4.78 is 10.5. The van der Waals surface area contributed by atoms with Gasteiger partial charge in [0.25, 0.3) is 0 Å². The van der Waals surface area contributed by atoms with Crippen LogP contribution in [0.4, 0.5) is 0 Å². The molecule has 1 N–H and O–H groups in total. The van der Waals surface area contributed by atoms with E-state index < -0.39 is 0 Å². The molecule has 0 spiro atoms. The molecule has 0 atom stereocenters. The van der Waals surface area contributed by atoms with E-state index in [0.29, 0.717) is 0 Å². The van der Waals surface area contributed by atoms with E-state index in [9.17, 15) is 0 Å². The summed E-state index contributed by atoms with van der Waals surface area (Å²) in [4.78, 5) is 0. The Kier molecular flexibility index (Phi) is 4.28. The van der Waals surface area contributed by atoms with Crippen LogP contribution in [0.15, 0.2) is 18.2 Å². The minimum atomic E-state index is -0.0718. The van der Waals surface area contributed by atoms with Crippen LogP contribution in [-0.4, -0.2) is 27.3 Å².